The quantitative estimate of drug-likeness (QED) is 0.786. The van der Waals surface area contributed by atoms with E-state index < -0.39 is 0 Å². The van der Waals surface area contributed by atoms with Crippen molar-refractivity contribution in [2.45, 2.75) is 25.8 Å². The number of nitrogens with one attached hydrogen (secondary N) is 1. The molecule has 0 radical (unpaired) electrons. The van der Waals surface area contributed by atoms with Gasteiger partial charge in [0.05, 0.1) is 16.6 Å². The topological polar surface area (TPSA) is 48.7 Å². The highest BCUT2D eigenvalue weighted by atomic mass is 32.1. The first-order chi connectivity index (χ1) is 8.90. The monoisotopic (exact) mass is 277 g/mol. The van der Waals surface area contributed by atoms with E-state index in [1.165, 1.54) is 4.88 Å². The molecule has 0 bridgehead atoms. The Morgan fingerprint density at radius 1 is 1.33 bits per heavy atom. The van der Waals surface area contributed by atoms with E-state index in [0.29, 0.717) is 6.42 Å². The van der Waals surface area contributed by atoms with Crippen LogP contribution in [-0.4, -0.2) is 11.5 Å². The van der Waals surface area contributed by atoms with Crippen LogP contribution in [0.4, 0.5) is 0 Å². The fraction of sp³-hybridized carbons (Fsp3) is 0.385. The van der Waals surface area contributed by atoms with Gasteiger partial charge < -0.3 is 5.32 Å². The molecule has 5 heteroatoms. The molecule has 0 amide bonds. The fourth-order valence-corrected chi connectivity index (χ4v) is 3.21. The molecule has 0 unspecified atom stereocenters. The average molecular weight is 277 g/mol. The Kier molecular flexibility index (Phi) is 5.34. The highest BCUT2D eigenvalue weighted by molar-refractivity contribution is 7.20. The lowest BCUT2D eigenvalue weighted by atomic mass is 10.2. The second kappa shape index (κ2) is 7.27. The third-order valence-electron chi connectivity index (χ3n) is 2.48. The van der Waals surface area contributed by atoms with Crippen LogP contribution < -0.4 is 5.32 Å². The zero-order valence-corrected chi connectivity index (χ0v) is 11.7. The molecule has 3 nitrogen and oxygen atoms in total. The van der Waals surface area contributed by atoms with Crippen LogP contribution in [0.3, 0.4) is 0 Å². The summed E-state index contributed by atoms with van der Waals surface area (Å²) in [7, 11) is 0. The molecule has 2 aromatic heterocycles. The number of hydrogen-bond donors (Lipinski definition) is 1. The van der Waals surface area contributed by atoms with Crippen molar-refractivity contribution < 1.29 is 0 Å². The number of unbranched alkanes of at least 4 members (excludes halogenated alkanes) is 2. The van der Waals surface area contributed by atoms with Crippen molar-refractivity contribution in [3.05, 3.63) is 28.6 Å². The average Bonchev–Trinajstić information content (AvgIpc) is 3.03. The predicted molar refractivity (Wildman–Crippen MR) is 76.6 cm³/mol. The maximum Gasteiger partial charge on any atom is 0.133 e. The molecule has 1 N–H and O–H groups in total. The summed E-state index contributed by atoms with van der Waals surface area (Å²) in [6, 6.07) is 6.31. The third-order valence-corrected chi connectivity index (χ3v) is 4.41. The number of aromatic nitrogens is 1. The third kappa shape index (κ3) is 3.91. The molecular weight excluding hydrogens is 262 g/mol. The minimum absolute atomic E-state index is 0.654. The first-order valence-electron chi connectivity index (χ1n) is 5.96. The number of rotatable bonds is 7. The van der Waals surface area contributed by atoms with Gasteiger partial charge in [-0.3, -0.25) is 0 Å². The molecule has 2 rings (SSSR count). The van der Waals surface area contributed by atoms with E-state index in [0.717, 1.165) is 36.6 Å². The second-order valence-corrected chi connectivity index (χ2v) is 5.72. The summed E-state index contributed by atoms with van der Waals surface area (Å²) in [5.41, 5.74) is 1.10. The SMILES string of the molecule is N#CCCCCNCc1csc(-c2cccs2)n1. The Hall–Kier alpha value is -1.22. The normalized spacial score (nSPS) is 10.4. The Balaban J connectivity index is 1.73. The summed E-state index contributed by atoms with van der Waals surface area (Å²) in [6.07, 6.45) is 2.68. The van der Waals surface area contributed by atoms with Crippen molar-refractivity contribution in [2.24, 2.45) is 0 Å². The van der Waals surface area contributed by atoms with E-state index in [1.54, 1.807) is 22.7 Å². The lowest BCUT2D eigenvalue weighted by molar-refractivity contribution is 0.623. The predicted octanol–water partition coefficient (Wildman–Crippen LogP) is 3.66. The maximum absolute atomic E-state index is 8.42. The van der Waals surface area contributed by atoms with E-state index in [-0.39, 0.29) is 0 Å². The standard InChI is InChI=1S/C13H15N3S2/c14-6-2-1-3-7-15-9-11-10-18-13(16-11)12-5-4-8-17-12/h4-5,8,10,15H,1-3,7,9H2. The summed E-state index contributed by atoms with van der Waals surface area (Å²) < 4.78 is 0. The molecule has 2 aromatic rings. The van der Waals surface area contributed by atoms with Crippen LogP contribution in [0.25, 0.3) is 9.88 Å². The van der Waals surface area contributed by atoms with Crippen LogP contribution in [0.2, 0.25) is 0 Å². The van der Waals surface area contributed by atoms with Crippen molar-refractivity contribution >= 4 is 22.7 Å². The van der Waals surface area contributed by atoms with Gasteiger partial charge in [-0.05, 0) is 30.8 Å². The highest BCUT2D eigenvalue weighted by Gasteiger charge is 2.04. The molecule has 0 aliphatic rings. The molecule has 94 valence electrons. The van der Waals surface area contributed by atoms with Crippen molar-refractivity contribution in [3.63, 3.8) is 0 Å². The first kappa shape index (κ1) is 13.2. The fourth-order valence-electron chi connectivity index (χ4n) is 1.57. The molecule has 0 aromatic carbocycles. The Bertz CT molecular complexity index is 497. The summed E-state index contributed by atoms with van der Waals surface area (Å²) in [4.78, 5) is 5.84. The lowest BCUT2D eigenvalue weighted by Gasteiger charge is -2.00. The van der Waals surface area contributed by atoms with Gasteiger partial charge in [-0.1, -0.05) is 6.07 Å². The van der Waals surface area contributed by atoms with Gasteiger partial charge in [0, 0.05) is 18.3 Å². The van der Waals surface area contributed by atoms with E-state index >= 15 is 0 Å². The molecule has 0 aliphatic carbocycles. The molecular formula is C13H15N3S2. The summed E-state index contributed by atoms with van der Waals surface area (Å²) in [6.45, 7) is 1.77. The smallest absolute Gasteiger partial charge is 0.133 e. The summed E-state index contributed by atoms with van der Waals surface area (Å²) in [5, 5.41) is 17.1. The van der Waals surface area contributed by atoms with Crippen molar-refractivity contribution in [3.8, 4) is 16.0 Å². The molecule has 0 saturated carbocycles. The number of hydrogen-bond acceptors (Lipinski definition) is 5. The Labute approximate surface area is 115 Å². The van der Waals surface area contributed by atoms with Gasteiger partial charge >= 0.3 is 0 Å². The van der Waals surface area contributed by atoms with Gasteiger partial charge in [-0.15, -0.1) is 22.7 Å². The zero-order valence-electron chi connectivity index (χ0n) is 10.1. The first-order valence-corrected chi connectivity index (χ1v) is 7.72. The molecule has 0 spiro atoms. The molecule has 0 saturated heterocycles. The molecule has 0 atom stereocenters. The summed E-state index contributed by atoms with van der Waals surface area (Å²) in [5.74, 6) is 0. The Morgan fingerprint density at radius 3 is 3.06 bits per heavy atom. The van der Waals surface area contributed by atoms with Gasteiger partial charge in [0.2, 0.25) is 0 Å². The molecule has 18 heavy (non-hydrogen) atoms. The minimum Gasteiger partial charge on any atom is -0.311 e. The van der Waals surface area contributed by atoms with Gasteiger partial charge in [0.1, 0.15) is 5.01 Å². The lowest BCUT2D eigenvalue weighted by Crippen LogP contribution is -2.14. The van der Waals surface area contributed by atoms with Crippen LogP contribution in [0.15, 0.2) is 22.9 Å². The van der Waals surface area contributed by atoms with E-state index in [4.69, 9.17) is 5.26 Å². The van der Waals surface area contributed by atoms with Gasteiger partial charge in [0.15, 0.2) is 0 Å². The van der Waals surface area contributed by atoms with Gasteiger partial charge in [-0.2, -0.15) is 5.26 Å². The van der Waals surface area contributed by atoms with Crippen molar-refractivity contribution in [2.75, 3.05) is 6.54 Å². The van der Waals surface area contributed by atoms with Gasteiger partial charge in [0.25, 0.3) is 0 Å². The highest BCUT2D eigenvalue weighted by Crippen LogP contribution is 2.27. The number of thiazole rings is 1. The maximum atomic E-state index is 8.42. The van der Waals surface area contributed by atoms with Crippen molar-refractivity contribution in [1.29, 1.82) is 5.26 Å². The van der Waals surface area contributed by atoms with Crippen molar-refractivity contribution in [1.82, 2.24) is 10.3 Å². The molecule has 0 fully saturated rings. The number of nitrogens with zero attached hydrogens (tertiary/aromatic N) is 2. The van der Waals surface area contributed by atoms with Crippen LogP contribution in [0.5, 0.6) is 0 Å². The largest absolute Gasteiger partial charge is 0.311 e. The van der Waals surface area contributed by atoms with Gasteiger partial charge in [-0.25, -0.2) is 4.98 Å². The van der Waals surface area contributed by atoms with Crippen LogP contribution in [0, 0.1) is 11.3 Å². The molecule has 0 aliphatic heterocycles. The molecule has 2 heterocycles. The van der Waals surface area contributed by atoms with Crippen LogP contribution in [-0.2, 0) is 6.54 Å². The van der Waals surface area contributed by atoms with E-state index in [2.05, 4.69) is 39.3 Å². The Morgan fingerprint density at radius 2 is 2.28 bits per heavy atom. The van der Waals surface area contributed by atoms with E-state index in [1.807, 2.05) is 0 Å². The second-order valence-electron chi connectivity index (χ2n) is 3.91. The van der Waals surface area contributed by atoms with Crippen LogP contribution in [0.1, 0.15) is 25.0 Å². The number of nitriles is 1. The van der Waals surface area contributed by atoms with E-state index in [9.17, 15) is 0 Å². The number of thiophene rings is 1. The van der Waals surface area contributed by atoms with Crippen LogP contribution >= 0.6 is 22.7 Å². The minimum atomic E-state index is 0.654. The zero-order chi connectivity index (χ0) is 12.6. The summed E-state index contributed by atoms with van der Waals surface area (Å²) >= 11 is 3.42.